The molecule has 1 unspecified atom stereocenters. The summed E-state index contributed by atoms with van der Waals surface area (Å²) in [6, 6.07) is 11.4. The van der Waals surface area contributed by atoms with Crippen molar-refractivity contribution in [1.29, 1.82) is 0 Å². The lowest BCUT2D eigenvalue weighted by atomic mass is 10.0. The van der Waals surface area contributed by atoms with Crippen molar-refractivity contribution in [2.75, 3.05) is 33.2 Å². The van der Waals surface area contributed by atoms with Gasteiger partial charge in [0.05, 0.1) is 4.88 Å². The van der Waals surface area contributed by atoms with Gasteiger partial charge in [-0.15, -0.1) is 11.3 Å². The van der Waals surface area contributed by atoms with Gasteiger partial charge in [-0.25, -0.2) is 0 Å². The molecule has 0 saturated carbocycles. The van der Waals surface area contributed by atoms with Crippen LogP contribution in [0.5, 0.6) is 0 Å². The summed E-state index contributed by atoms with van der Waals surface area (Å²) in [5.74, 6) is -0.357. The third-order valence-electron chi connectivity index (χ3n) is 5.44. The van der Waals surface area contributed by atoms with Gasteiger partial charge >= 0.3 is 0 Å². The topological polar surface area (TPSA) is 64.7 Å². The molecule has 0 aliphatic carbocycles. The van der Waals surface area contributed by atoms with Crippen LogP contribution in [0.1, 0.15) is 34.6 Å². The molecule has 162 valence electrons. The van der Waals surface area contributed by atoms with Crippen LogP contribution < -0.4 is 10.6 Å². The Hall–Kier alpha value is -2.22. The van der Waals surface area contributed by atoms with Gasteiger partial charge in [0.15, 0.2) is 0 Å². The minimum absolute atomic E-state index is 0.00233. The van der Waals surface area contributed by atoms with Crippen LogP contribution in [0, 0.1) is 5.92 Å². The molecule has 1 atom stereocenters. The summed E-state index contributed by atoms with van der Waals surface area (Å²) in [6.45, 7) is 9.63. The van der Waals surface area contributed by atoms with Gasteiger partial charge in [0.25, 0.3) is 5.91 Å². The molecule has 1 aliphatic rings. The van der Waals surface area contributed by atoms with Crippen molar-refractivity contribution in [3.63, 3.8) is 0 Å². The molecular formula is C23H32N4O2S. The highest BCUT2D eigenvalue weighted by Crippen LogP contribution is 2.12. The molecule has 1 aromatic carbocycles. The molecule has 1 aliphatic heterocycles. The smallest absolute Gasteiger partial charge is 0.262 e. The summed E-state index contributed by atoms with van der Waals surface area (Å²) in [4.78, 5) is 30.6. The van der Waals surface area contributed by atoms with Gasteiger partial charge in [-0.1, -0.05) is 44.2 Å². The fourth-order valence-electron chi connectivity index (χ4n) is 3.56. The second-order valence-electron chi connectivity index (χ2n) is 8.29. The number of nitrogens with one attached hydrogen (secondary N) is 2. The molecule has 1 saturated heterocycles. The zero-order valence-electron chi connectivity index (χ0n) is 18.1. The first kappa shape index (κ1) is 22.5. The van der Waals surface area contributed by atoms with Gasteiger partial charge < -0.3 is 15.5 Å². The van der Waals surface area contributed by atoms with Crippen LogP contribution in [-0.4, -0.2) is 60.9 Å². The fraction of sp³-hybridized carbons (Fsp3) is 0.478. The number of thiophene rings is 1. The third-order valence-corrected chi connectivity index (χ3v) is 6.31. The lowest BCUT2D eigenvalue weighted by molar-refractivity contribution is -0.124. The molecule has 7 heteroatoms. The van der Waals surface area contributed by atoms with E-state index in [1.165, 1.54) is 16.9 Å². The average molecular weight is 429 g/mol. The van der Waals surface area contributed by atoms with Gasteiger partial charge in [-0.2, -0.15) is 0 Å². The molecule has 2 N–H and O–H groups in total. The number of carbonyl (C=O) groups is 2. The monoisotopic (exact) mass is 428 g/mol. The molecule has 3 rings (SSSR count). The van der Waals surface area contributed by atoms with Crippen LogP contribution in [0.15, 0.2) is 41.8 Å². The lowest BCUT2D eigenvalue weighted by Crippen LogP contribution is -2.49. The molecule has 2 aromatic rings. The predicted octanol–water partition coefficient (Wildman–Crippen LogP) is 2.57. The van der Waals surface area contributed by atoms with Crippen molar-refractivity contribution in [3.8, 4) is 0 Å². The van der Waals surface area contributed by atoms with Crippen LogP contribution >= 0.6 is 11.3 Å². The molecule has 2 heterocycles. The van der Waals surface area contributed by atoms with Gasteiger partial charge in [-0.3, -0.25) is 14.5 Å². The van der Waals surface area contributed by atoms with Crippen molar-refractivity contribution in [1.82, 2.24) is 20.4 Å². The van der Waals surface area contributed by atoms with E-state index >= 15 is 0 Å². The van der Waals surface area contributed by atoms with E-state index in [0.717, 1.165) is 38.3 Å². The maximum absolute atomic E-state index is 12.8. The van der Waals surface area contributed by atoms with E-state index in [1.807, 2.05) is 37.4 Å². The zero-order valence-corrected chi connectivity index (χ0v) is 18.9. The number of amides is 2. The van der Waals surface area contributed by atoms with E-state index in [1.54, 1.807) is 6.07 Å². The Morgan fingerprint density at radius 3 is 2.47 bits per heavy atom. The van der Waals surface area contributed by atoms with Crippen molar-refractivity contribution in [2.24, 2.45) is 5.92 Å². The fourth-order valence-corrected chi connectivity index (χ4v) is 4.18. The minimum atomic E-state index is -0.562. The molecule has 6 nitrogen and oxygen atoms in total. The lowest BCUT2D eigenvalue weighted by Gasteiger charge is -2.32. The molecule has 0 bridgehead atoms. The first-order valence-electron chi connectivity index (χ1n) is 10.5. The van der Waals surface area contributed by atoms with Gasteiger partial charge in [0, 0.05) is 39.3 Å². The summed E-state index contributed by atoms with van der Waals surface area (Å²) < 4.78 is 0. The van der Waals surface area contributed by atoms with E-state index in [9.17, 15) is 9.59 Å². The van der Waals surface area contributed by atoms with Gasteiger partial charge in [0.2, 0.25) is 5.91 Å². The van der Waals surface area contributed by atoms with Crippen LogP contribution in [0.3, 0.4) is 0 Å². The molecule has 30 heavy (non-hydrogen) atoms. The quantitative estimate of drug-likeness (QED) is 0.678. The molecular weight excluding hydrogens is 396 g/mol. The van der Waals surface area contributed by atoms with E-state index in [-0.39, 0.29) is 17.7 Å². The van der Waals surface area contributed by atoms with Crippen LogP contribution in [0.25, 0.3) is 0 Å². The third kappa shape index (κ3) is 6.39. The summed E-state index contributed by atoms with van der Waals surface area (Å²) in [5.41, 5.74) is 2.33. The maximum atomic E-state index is 12.8. The minimum Gasteiger partial charge on any atom is -0.350 e. The Bertz CT molecular complexity index is 829. The first-order valence-corrected chi connectivity index (χ1v) is 11.4. The summed E-state index contributed by atoms with van der Waals surface area (Å²) in [6.07, 6.45) is 0. The van der Waals surface area contributed by atoms with E-state index < -0.39 is 6.04 Å². The summed E-state index contributed by atoms with van der Waals surface area (Å²) in [5, 5.41) is 7.73. The SMILES string of the molecule is CC(C)C(NC(=O)c1cccs1)C(=O)NCc1cccc(CN2CCN(C)CC2)c1. The first-order chi connectivity index (χ1) is 14.4. The summed E-state index contributed by atoms with van der Waals surface area (Å²) >= 11 is 1.37. The van der Waals surface area contributed by atoms with E-state index in [4.69, 9.17) is 0 Å². The number of benzene rings is 1. The standard InChI is InChI=1S/C23H32N4O2S/c1-17(2)21(25-22(28)20-8-5-13-30-20)23(29)24-15-18-6-4-7-19(14-18)16-27-11-9-26(3)10-12-27/h4-8,13-14,17,21H,9-12,15-16H2,1-3H3,(H,24,29)(H,25,28). The number of hydrogen-bond acceptors (Lipinski definition) is 5. The summed E-state index contributed by atoms with van der Waals surface area (Å²) in [7, 11) is 2.16. The molecule has 2 amide bonds. The molecule has 1 aromatic heterocycles. The Morgan fingerprint density at radius 2 is 1.80 bits per heavy atom. The van der Waals surface area contributed by atoms with Gasteiger partial charge in [-0.05, 0) is 35.5 Å². The van der Waals surface area contributed by atoms with Crippen molar-refractivity contribution in [2.45, 2.75) is 33.0 Å². The highest BCUT2D eigenvalue weighted by atomic mass is 32.1. The second-order valence-corrected chi connectivity index (χ2v) is 9.24. The number of hydrogen-bond donors (Lipinski definition) is 2. The largest absolute Gasteiger partial charge is 0.350 e. The normalized spacial score (nSPS) is 16.4. The van der Waals surface area contributed by atoms with E-state index in [0.29, 0.717) is 11.4 Å². The molecule has 0 spiro atoms. The van der Waals surface area contributed by atoms with E-state index in [2.05, 4.69) is 39.6 Å². The highest BCUT2D eigenvalue weighted by Gasteiger charge is 2.24. The Morgan fingerprint density at radius 1 is 1.07 bits per heavy atom. The number of likely N-dealkylation sites (N-methyl/N-ethyl adjacent to an activating group) is 1. The molecule has 0 radical (unpaired) electrons. The number of carbonyl (C=O) groups excluding carboxylic acids is 2. The van der Waals surface area contributed by atoms with Crippen LogP contribution in [-0.2, 0) is 17.9 Å². The average Bonchev–Trinajstić information content (AvgIpc) is 3.27. The highest BCUT2D eigenvalue weighted by molar-refractivity contribution is 7.12. The number of piperazine rings is 1. The maximum Gasteiger partial charge on any atom is 0.262 e. The van der Waals surface area contributed by atoms with Crippen molar-refractivity contribution >= 4 is 23.2 Å². The van der Waals surface area contributed by atoms with Crippen molar-refractivity contribution < 1.29 is 9.59 Å². The number of rotatable bonds is 8. The number of nitrogens with zero attached hydrogens (tertiary/aromatic N) is 2. The second kappa shape index (κ2) is 10.7. The Kier molecular flexibility index (Phi) is 8.01. The van der Waals surface area contributed by atoms with Crippen LogP contribution in [0.4, 0.5) is 0 Å². The Labute approximate surface area is 183 Å². The molecule has 1 fully saturated rings. The van der Waals surface area contributed by atoms with Gasteiger partial charge in [0.1, 0.15) is 6.04 Å². The predicted molar refractivity (Wildman–Crippen MR) is 121 cm³/mol. The van der Waals surface area contributed by atoms with Crippen molar-refractivity contribution in [3.05, 3.63) is 57.8 Å². The Balaban J connectivity index is 1.54. The van der Waals surface area contributed by atoms with Crippen LogP contribution in [0.2, 0.25) is 0 Å². The zero-order chi connectivity index (χ0) is 21.5.